The third kappa shape index (κ3) is 4.08. The van der Waals surface area contributed by atoms with Crippen LogP contribution in [0.4, 0.5) is 5.69 Å². The van der Waals surface area contributed by atoms with Crippen molar-refractivity contribution in [3.8, 4) is 0 Å². The average Bonchev–Trinajstić information content (AvgIpc) is 3.32. The highest BCUT2D eigenvalue weighted by atomic mass is 35.5. The van der Waals surface area contributed by atoms with Crippen molar-refractivity contribution in [1.82, 2.24) is 10.6 Å². The van der Waals surface area contributed by atoms with Crippen LogP contribution in [-0.4, -0.2) is 30.9 Å². The van der Waals surface area contributed by atoms with E-state index in [2.05, 4.69) is 15.5 Å². The van der Waals surface area contributed by atoms with Crippen LogP contribution in [0.2, 0.25) is 5.02 Å². The van der Waals surface area contributed by atoms with Gasteiger partial charge in [0.05, 0.1) is 6.04 Å². The van der Waals surface area contributed by atoms with Gasteiger partial charge in [-0.05, 0) is 54.8 Å². The van der Waals surface area contributed by atoms with Crippen molar-refractivity contribution in [3.05, 3.63) is 64.7 Å². The first kappa shape index (κ1) is 17.9. The second-order valence-corrected chi connectivity index (χ2v) is 7.60. The highest BCUT2D eigenvalue weighted by Crippen LogP contribution is 2.25. The minimum Gasteiger partial charge on any atom is -0.369 e. The first-order chi connectivity index (χ1) is 13.1. The molecule has 0 spiro atoms. The number of halogens is 1. The zero-order valence-electron chi connectivity index (χ0n) is 15.0. The number of amides is 2. The molecule has 2 atom stereocenters. The summed E-state index contributed by atoms with van der Waals surface area (Å²) in [4.78, 5) is 26.2. The lowest BCUT2D eigenvalue weighted by atomic mass is 10.0. The van der Waals surface area contributed by atoms with Crippen LogP contribution < -0.4 is 15.5 Å². The van der Waals surface area contributed by atoms with Gasteiger partial charge in [-0.25, -0.2) is 0 Å². The number of carbonyl (C=O) groups is 2. The second kappa shape index (κ2) is 7.61. The highest BCUT2D eigenvalue weighted by molar-refractivity contribution is 6.30. The number of benzene rings is 2. The minimum absolute atomic E-state index is 0.0556. The maximum atomic E-state index is 12.6. The quantitative estimate of drug-likeness (QED) is 0.851. The molecule has 0 radical (unpaired) electrons. The van der Waals surface area contributed by atoms with Crippen molar-refractivity contribution in [2.24, 2.45) is 0 Å². The third-order valence-corrected chi connectivity index (χ3v) is 5.54. The molecule has 4 rings (SSSR count). The molecule has 2 N–H and O–H groups in total. The minimum atomic E-state index is -0.0556. The molecule has 2 fully saturated rings. The molecule has 2 heterocycles. The van der Waals surface area contributed by atoms with Gasteiger partial charge in [0.15, 0.2) is 0 Å². The van der Waals surface area contributed by atoms with E-state index in [0.29, 0.717) is 12.0 Å². The summed E-state index contributed by atoms with van der Waals surface area (Å²) in [5.74, 6) is 0.0354. The van der Waals surface area contributed by atoms with E-state index in [-0.39, 0.29) is 23.9 Å². The zero-order valence-corrected chi connectivity index (χ0v) is 15.7. The number of carbonyl (C=O) groups excluding carboxylic acids is 2. The Balaban J connectivity index is 1.34. The van der Waals surface area contributed by atoms with Gasteiger partial charge in [0.1, 0.15) is 0 Å². The predicted octanol–water partition coefficient (Wildman–Crippen LogP) is 3.30. The molecule has 0 saturated carbocycles. The van der Waals surface area contributed by atoms with Gasteiger partial charge in [0, 0.05) is 41.8 Å². The van der Waals surface area contributed by atoms with Crippen LogP contribution in [0, 0.1) is 0 Å². The first-order valence-corrected chi connectivity index (χ1v) is 9.67. The maximum absolute atomic E-state index is 12.6. The maximum Gasteiger partial charge on any atom is 0.251 e. The fraction of sp³-hybridized carbons (Fsp3) is 0.333. The van der Waals surface area contributed by atoms with Crippen LogP contribution in [-0.2, 0) is 4.79 Å². The Kier molecular flexibility index (Phi) is 5.03. The molecule has 2 unspecified atom stereocenters. The predicted molar refractivity (Wildman–Crippen MR) is 106 cm³/mol. The molecule has 2 amide bonds. The van der Waals surface area contributed by atoms with E-state index >= 15 is 0 Å². The molecule has 2 saturated heterocycles. The summed E-state index contributed by atoms with van der Waals surface area (Å²) in [5, 5.41) is 6.80. The van der Waals surface area contributed by atoms with E-state index in [4.69, 9.17) is 11.6 Å². The summed E-state index contributed by atoms with van der Waals surface area (Å²) in [7, 11) is 0. The van der Waals surface area contributed by atoms with Gasteiger partial charge in [-0.3, -0.25) is 9.59 Å². The molecule has 0 bridgehead atoms. The Bertz CT molecular complexity index is 836. The second-order valence-electron chi connectivity index (χ2n) is 7.16. The Morgan fingerprint density at radius 2 is 1.81 bits per heavy atom. The largest absolute Gasteiger partial charge is 0.369 e. The Morgan fingerprint density at radius 1 is 1.07 bits per heavy atom. The first-order valence-electron chi connectivity index (χ1n) is 9.29. The summed E-state index contributed by atoms with van der Waals surface area (Å²) < 4.78 is 0. The molecule has 0 aliphatic carbocycles. The fourth-order valence-electron chi connectivity index (χ4n) is 3.76. The molecule has 0 aromatic heterocycles. The van der Waals surface area contributed by atoms with Crippen molar-refractivity contribution < 1.29 is 9.59 Å². The van der Waals surface area contributed by atoms with Gasteiger partial charge in [-0.15, -0.1) is 0 Å². The Hall–Kier alpha value is -2.53. The van der Waals surface area contributed by atoms with Crippen LogP contribution >= 0.6 is 11.6 Å². The Morgan fingerprint density at radius 3 is 2.48 bits per heavy atom. The molecule has 2 aliphatic rings. The number of hydrogen-bond acceptors (Lipinski definition) is 3. The summed E-state index contributed by atoms with van der Waals surface area (Å²) in [6, 6.07) is 15.5. The van der Waals surface area contributed by atoms with Crippen LogP contribution in [0.5, 0.6) is 0 Å². The molecule has 6 heteroatoms. The lowest BCUT2D eigenvalue weighted by Crippen LogP contribution is -2.37. The van der Waals surface area contributed by atoms with Gasteiger partial charge in [-0.2, -0.15) is 0 Å². The van der Waals surface area contributed by atoms with Crippen molar-refractivity contribution in [1.29, 1.82) is 0 Å². The molecule has 140 valence electrons. The van der Waals surface area contributed by atoms with E-state index in [1.54, 1.807) is 0 Å². The zero-order chi connectivity index (χ0) is 18.8. The number of hydrogen-bond donors (Lipinski definition) is 2. The van der Waals surface area contributed by atoms with E-state index in [0.717, 1.165) is 42.2 Å². The number of nitrogens with zero attached hydrogens (tertiary/aromatic N) is 1. The fourth-order valence-corrected chi connectivity index (χ4v) is 3.89. The number of rotatable bonds is 4. The molecule has 5 nitrogen and oxygen atoms in total. The highest BCUT2D eigenvalue weighted by Gasteiger charge is 2.25. The lowest BCUT2D eigenvalue weighted by Gasteiger charge is -2.19. The van der Waals surface area contributed by atoms with Crippen molar-refractivity contribution in [2.45, 2.75) is 31.3 Å². The normalized spacial score (nSPS) is 22.0. The smallest absolute Gasteiger partial charge is 0.251 e. The summed E-state index contributed by atoms with van der Waals surface area (Å²) in [6.07, 6.45) is 2.30. The molecule has 2 aromatic carbocycles. The molecule has 2 aromatic rings. The molecule has 2 aliphatic heterocycles. The molecule has 27 heavy (non-hydrogen) atoms. The van der Waals surface area contributed by atoms with Crippen molar-refractivity contribution in [3.63, 3.8) is 0 Å². The van der Waals surface area contributed by atoms with Gasteiger partial charge in [0.25, 0.3) is 5.91 Å². The third-order valence-electron chi connectivity index (χ3n) is 5.29. The summed E-state index contributed by atoms with van der Waals surface area (Å²) in [5.41, 5.74) is 2.82. The van der Waals surface area contributed by atoms with E-state index in [1.165, 1.54) is 0 Å². The number of anilines is 1. The standard InChI is InChI=1S/C21H22ClN3O2/c22-16-5-7-18(8-6-16)25-12-11-17(13-25)23-21(27)15-3-1-14(2-4-15)19-9-10-20(26)24-19/h1-8,17,19H,9-13H2,(H,23,27)(H,24,26). The van der Waals surface area contributed by atoms with E-state index < -0.39 is 0 Å². The monoisotopic (exact) mass is 383 g/mol. The average molecular weight is 384 g/mol. The van der Waals surface area contributed by atoms with Crippen LogP contribution in [0.3, 0.4) is 0 Å². The van der Waals surface area contributed by atoms with Crippen LogP contribution in [0.15, 0.2) is 48.5 Å². The van der Waals surface area contributed by atoms with Crippen molar-refractivity contribution in [2.75, 3.05) is 18.0 Å². The number of nitrogens with one attached hydrogen (secondary N) is 2. The van der Waals surface area contributed by atoms with Crippen LogP contribution in [0.25, 0.3) is 0 Å². The van der Waals surface area contributed by atoms with Crippen molar-refractivity contribution >= 4 is 29.1 Å². The van der Waals surface area contributed by atoms with Gasteiger partial charge < -0.3 is 15.5 Å². The van der Waals surface area contributed by atoms with Gasteiger partial charge >= 0.3 is 0 Å². The lowest BCUT2D eigenvalue weighted by molar-refractivity contribution is -0.119. The topological polar surface area (TPSA) is 61.4 Å². The SMILES string of the molecule is O=C1CCC(c2ccc(C(=O)NC3CCN(c4ccc(Cl)cc4)C3)cc2)N1. The summed E-state index contributed by atoms with van der Waals surface area (Å²) in [6.45, 7) is 1.70. The molecular weight excluding hydrogens is 362 g/mol. The van der Waals surface area contributed by atoms with Gasteiger partial charge in [0.2, 0.25) is 5.91 Å². The molecular formula is C21H22ClN3O2. The summed E-state index contributed by atoms with van der Waals surface area (Å²) >= 11 is 5.95. The van der Waals surface area contributed by atoms with Gasteiger partial charge in [-0.1, -0.05) is 23.7 Å². The van der Waals surface area contributed by atoms with E-state index in [9.17, 15) is 9.59 Å². The van der Waals surface area contributed by atoms with Crippen LogP contribution in [0.1, 0.15) is 41.2 Å². The Labute approximate surface area is 163 Å². The van der Waals surface area contributed by atoms with E-state index in [1.807, 2.05) is 48.5 Å².